The zero-order chi connectivity index (χ0) is 14.7. The zero-order valence-electron chi connectivity index (χ0n) is 11.8. The number of rotatable bonds is 4. The van der Waals surface area contributed by atoms with Gasteiger partial charge in [-0.05, 0) is 26.0 Å². The molecule has 1 heterocycles. The Morgan fingerprint density at radius 2 is 2.20 bits per heavy atom. The highest BCUT2D eigenvalue weighted by Gasteiger charge is 2.12. The van der Waals surface area contributed by atoms with Crippen LogP contribution in [0.1, 0.15) is 21.8 Å². The molecule has 0 saturated heterocycles. The molecule has 0 spiro atoms. The summed E-state index contributed by atoms with van der Waals surface area (Å²) < 4.78 is 0. The highest BCUT2D eigenvalue weighted by molar-refractivity contribution is 7.09. The Bertz CT molecular complexity index is 636. The SMILES string of the molecule is Cc1ccc(N(C)Cc2csc(C)n2)c(/C(N)=N/O)c1. The first-order valence-corrected chi connectivity index (χ1v) is 7.10. The fourth-order valence-corrected chi connectivity index (χ4v) is 2.65. The van der Waals surface area contributed by atoms with Crippen LogP contribution in [0.25, 0.3) is 0 Å². The summed E-state index contributed by atoms with van der Waals surface area (Å²) in [5, 5.41) is 15.1. The van der Waals surface area contributed by atoms with Gasteiger partial charge in [-0.15, -0.1) is 11.3 Å². The van der Waals surface area contributed by atoms with E-state index in [2.05, 4.69) is 10.1 Å². The molecule has 0 aliphatic rings. The minimum atomic E-state index is 0.116. The van der Waals surface area contributed by atoms with Crippen LogP contribution in [0.2, 0.25) is 0 Å². The molecule has 0 amide bonds. The lowest BCUT2D eigenvalue weighted by Gasteiger charge is -2.21. The quantitative estimate of drug-likeness (QED) is 0.392. The van der Waals surface area contributed by atoms with Crippen molar-refractivity contribution in [3.8, 4) is 0 Å². The Kier molecular flexibility index (Phi) is 4.24. The van der Waals surface area contributed by atoms with Crippen LogP contribution in [0.5, 0.6) is 0 Å². The van der Waals surface area contributed by atoms with E-state index in [1.807, 2.05) is 49.4 Å². The Hall–Kier alpha value is -2.08. The summed E-state index contributed by atoms with van der Waals surface area (Å²) >= 11 is 1.63. The van der Waals surface area contributed by atoms with Crippen LogP contribution in [0.15, 0.2) is 28.7 Å². The van der Waals surface area contributed by atoms with Gasteiger partial charge in [0.2, 0.25) is 0 Å². The molecular formula is C14H18N4OS. The second-order valence-corrected chi connectivity index (χ2v) is 5.78. The van der Waals surface area contributed by atoms with Gasteiger partial charge < -0.3 is 15.8 Å². The number of oxime groups is 1. The van der Waals surface area contributed by atoms with Crippen LogP contribution < -0.4 is 10.6 Å². The summed E-state index contributed by atoms with van der Waals surface area (Å²) in [6.07, 6.45) is 0. The van der Waals surface area contributed by atoms with Gasteiger partial charge in [0.1, 0.15) is 0 Å². The largest absolute Gasteiger partial charge is 0.409 e. The average molecular weight is 290 g/mol. The molecule has 2 rings (SSSR count). The van der Waals surface area contributed by atoms with Gasteiger partial charge in [0, 0.05) is 23.7 Å². The van der Waals surface area contributed by atoms with Crippen molar-refractivity contribution in [2.24, 2.45) is 10.9 Å². The van der Waals surface area contributed by atoms with Crippen molar-refractivity contribution in [3.05, 3.63) is 45.4 Å². The van der Waals surface area contributed by atoms with E-state index in [4.69, 9.17) is 10.9 Å². The van der Waals surface area contributed by atoms with Crippen LogP contribution in [-0.4, -0.2) is 23.1 Å². The third-order valence-electron chi connectivity index (χ3n) is 3.01. The first kappa shape index (κ1) is 14.3. The summed E-state index contributed by atoms with van der Waals surface area (Å²) in [6.45, 7) is 4.64. The van der Waals surface area contributed by atoms with E-state index in [0.717, 1.165) is 27.5 Å². The summed E-state index contributed by atoms with van der Waals surface area (Å²) in [5.74, 6) is 0.116. The lowest BCUT2D eigenvalue weighted by Crippen LogP contribution is -2.23. The smallest absolute Gasteiger partial charge is 0.172 e. The molecule has 1 aromatic carbocycles. The van der Waals surface area contributed by atoms with Gasteiger partial charge in [-0.2, -0.15) is 0 Å². The lowest BCUT2D eigenvalue weighted by molar-refractivity contribution is 0.318. The molecule has 1 aromatic heterocycles. The number of nitrogens with two attached hydrogens (primary N) is 1. The van der Waals surface area contributed by atoms with Gasteiger partial charge in [0.05, 0.1) is 17.2 Å². The van der Waals surface area contributed by atoms with Crippen molar-refractivity contribution in [1.82, 2.24) is 4.98 Å². The molecule has 0 radical (unpaired) electrons. The summed E-state index contributed by atoms with van der Waals surface area (Å²) in [5.41, 5.74) is 9.47. The average Bonchev–Trinajstić information content (AvgIpc) is 2.82. The lowest BCUT2D eigenvalue weighted by atomic mass is 10.1. The number of benzene rings is 1. The maximum atomic E-state index is 8.91. The fourth-order valence-electron chi connectivity index (χ4n) is 2.05. The summed E-state index contributed by atoms with van der Waals surface area (Å²) in [7, 11) is 1.97. The molecule has 20 heavy (non-hydrogen) atoms. The van der Waals surface area contributed by atoms with Crippen molar-refractivity contribution in [2.75, 3.05) is 11.9 Å². The first-order valence-electron chi connectivity index (χ1n) is 6.22. The number of hydrogen-bond acceptors (Lipinski definition) is 5. The number of anilines is 1. The number of amidine groups is 1. The molecule has 2 aromatic rings. The molecule has 0 atom stereocenters. The molecule has 0 aliphatic heterocycles. The number of nitrogens with zero attached hydrogens (tertiary/aromatic N) is 3. The fraction of sp³-hybridized carbons (Fsp3) is 0.286. The molecule has 0 saturated carbocycles. The Balaban J connectivity index is 2.31. The van der Waals surface area contributed by atoms with Gasteiger partial charge in [-0.3, -0.25) is 0 Å². The normalized spacial score (nSPS) is 11.7. The standard InChI is InChI=1S/C14H18N4OS/c1-9-4-5-13(12(6-9)14(15)17-19)18(3)7-11-8-20-10(2)16-11/h4-6,8,19H,7H2,1-3H3,(H2,15,17). The number of thiazole rings is 1. The highest BCUT2D eigenvalue weighted by atomic mass is 32.1. The molecule has 106 valence electrons. The molecule has 3 N–H and O–H groups in total. The number of aromatic nitrogens is 1. The highest BCUT2D eigenvalue weighted by Crippen LogP contribution is 2.23. The van der Waals surface area contributed by atoms with Gasteiger partial charge in [-0.1, -0.05) is 16.8 Å². The Morgan fingerprint density at radius 3 is 2.80 bits per heavy atom. The van der Waals surface area contributed by atoms with Crippen molar-refractivity contribution in [2.45, 2.75) is 20.4 Å². The Morgan fingerprint density at radius 1 is 1.45 bits per heavy atom. The van der Waals surface area contributed by atoms with Crippen LogP contribution in [0, 0.1) is 13.8 Å². The molecule has 6 heteroatoms. The second kappa shape index (κ2) is 5.92. The van der Waals surface area contributed by atoms with Crippen molar-refractivity contribution >= 4 is 22.9 Å². The summed E-state index contributed by atoms with van der Waals surface area (Å²) in [6, 6.07) is 5.89. The minimum absolute atomic E-state index is 0.116. The number of aryl methyl sites for hydroxylation is 2. The predicted molar refractivity (Wildman–Crippen MR) is 82.6 cm³/mol. The van der Waals surface area contributed by atoms with Crippen molar-refractivity contribution in [1.29, 1.82) is 0 Å². The Labute approximate surface area is 122 Å². The maximum absolute atomic E-state index is 8.91. The monoisotopic (exact) mass is 290 g/mol. The van der Waals surface area contributed by atoms with Gasteiger partial charge in [0.25, 0.3) is 0 Å². The number of hydrogen-bond donors (Lipinski definition) is 2. The molecule has 0 aliphatic carbocycles. The molecular weight excluding hydrogens is 272 g/mol. The van der Waals surface area contributed by atoms with E-state index in [1.54, 1.807) is 11.3 Å². The van der Waals surface area contributed by atoms with Gasteiger partial charge in [-0.25, -0.2) is 4.98 Å². The van der Waals surface area contributed by atoms with E-state index in [1.165, 1.54) is 0 Å². The van der Waals surface area contributed by atoms with Gasteiger partial charge in [0.15, 0.2) is 5.84 Å². The van der Waals surface area contributed by atoms with Crippen LogP contribution in [-0.2, 0) is 6.54 Å². The van der Waals surface area contributed by atoms with E-state index >= 15 is 0 Å². The zero-order valence-corrected chi connectivity index (χ0v) is 12.6. The predicted octanol–water partition coefficient (Wildman–Crippen LogP) is 2.49. The summed E-state index contributed by atoms with van der Waals surface area (Å²) in [4.78, 5) is 6.50. The third kappa shape index (κ3) is 3.08. The van der Waals surface area contributed by atoms with Crippen molar-refractivity contribution < 1.29 is 5.21 Å². The van der Waals surface area contributed by atoms with E-state index in [0.29, 0.717) is 6.54 Å². The molecule has 0 fully saturated rings. The van der Waals surface area contributed by atoms with Crippen LogP contribution >= 0.6 is 11.3 Å². The third-order valence-corrected chi connectivity index (χ3v) is 3.84. The van der Waals surface area contributed by atoms with E-state index in [9.17, 15) is 0 Å². The van der Waals surface area contributed by atoms with Crippen LogP contribution in [0.4, 0.5) is 5.69 Å². The van der Waals surface area contributed by atoms with E-state index < -0.39 is 0 Å². The second-order valence-electron chi connectivity index (χ2n) is 4.72. The van der Waals surface area contributed by atoms with Crippen LogP contribution in [0.3, 0.4) is 0 Å². The molecule has 5 nitrogen and oxygen atoms in total. The first-order chi connectivity index (χ1) is 9.51. The van der Waals surface area contributed by atoms with Gasteiger partial charge >= 0.3 is 0 Å². The maximum Gasteiger partial charge on any atom is 0.172 e. The minimum Gasteiger partial charge on any atom is -0.409 e. The topological polar surface area (TPSA) is 74.7 Å². The van der Waals surface area contributed by atoms with E-state index in [-0.39, 0.29) is 5.84 Å². The molecule has 0 bridgehead atoms. The molecule has 0 unspecified atom stereocenters. The van der Waals surface area contributed by atoms with Crippen molar-refractivity contribution in [3.63, 3.8) is 0 Å².